The number of rotatable bonds is 2. The molecule has 0 radical (unpaired) electrons. The second-order valence-corrected chi connectivity index (χ2v) is 7.36. The van der Waals surface area contributed by atoms with E-state index in [9.17, 15) is 0 Å². The molecule has 0 amide bonds. The van der Waals surface area contributed by atoms with Crippen LogP contribution in [0.2, 0.25) is 0 Å². The third-order valence-corrected chi connectivity index (χ3v) is 5.86. The van der Waals surface area contributed by atoms with Crippen LogP contribution in [0.3, 0.4) is 0 Å². The highest BCUT2D eigenvalue weighted by atomic mass is 32.2. The van der Waals surface area contributed by atoms with Gasteiger partial charge in [-0.3, -0.25) is 4.99 Å². The number of amidine groups is 1. The summed E-state index contributed by atoms with van der Waals surface area (Å²) in [6.07, 6.45) is 5.32. The Morgan fingerprint density at radius 2 is 1.95 bits per heavy atom. The molecule has 1 aliphatic carbocycles. The smallest absolute Gasteiger partial charge is 0.157 e. The normalized spacial score (nSPS) is 33.3. The van der Waals surface area contributed by atoms with Gasteiger partial charge in [-0.05, 0) is 44.1 Å². The van der Waals surface area contributed by atoms with Gasteiger partial charge in [0.15, 0.2) is 5.17 Å². The molecule has 3 heteroatoms. The summed E-state index contributed by atoms with van der Waals surface area (Å²) in [5.41, 5.74) is 1.63. The molecule has 1 N–H and O–H groups in total. The van der Waals surface area contributed by atoms with Crippen molar-refractivity contribution in [2.24, 2.45) is 10.9 Å². The second-order valence-electron chi connectivity index (χ2n) is 6.40. The number of hydrogen-bond acceptors (Lipinski definition) is 2. The van der Waals surface area contributed by atoms with Crippen molar-refractivity contribution in [1.82, 2.24) is 5.32 Å². The summed E-state index contributed by atoms with van der Waals surface area (Å²) in [7, 11) is 0. The Kier molecular flexibility index (Phi) is 4.06. The van der Waals surface area contributed by atoms with Gasteiger partial charge in [-0.2, -0.15) is 0 Å². The lowest BCUT2D eigenvalue weighted by Gasteiger charge is -2.35. The summed E-state index contributed by atoms with van der Waals surface area (Å²) < 4.78 is 0. The average molecular weight is 288 g/mol. The van der Waals surface area contributed by atoms with Crippen molar-refractivity contribution >= 4 is 16.9 Å². The van der Waals surface area contributed by atoms with Gasteiger partial charge in [0.25, 0.3) is 0 Å². The Hall–Kier alpha value is -0.960. The van der Waals surface area contributed by atoms with E-state index < -0.39 is 0 Å². The topological polar surface area (TPSA) is 24.4 Å². The minimum Gasteiger partial charge on any atom is -0.359 e. The van der Waals surface area contributed by atoms with Crippen molar-refractivity contribution in [2.45, 2.75) is 51.1 Å². The lowest BCUT2D eigenvalue weighted by Crippen LogP contribution is -2.46. The third-order valence-electron chi connectivity index (χ3n) is 4.68. The molecule has 3 rings (SSSR count). The fourth-order valence-electron chi connectivity index (χ4n) is 3.14. The van der Waals surface area contributed by atoms with Crippen molar-refractivity contribution in [3.63, 3.8) is 0 Å². The summed E-state index contributed by atoms with van der Waals surface area (Å²) in [6, 6.07) is 10.8. The van der Waals surface area contributed by atoms with Crippen LogP contribution >= 0.6 is 11.8 Å². The van der Waals surface area contributed by atoms with E-state index >= 15 is 0 Å². The molecule has 1 atom stereocenters. The molecule has 1 aromatic carbocycles. The monoisotopic (exact) mass is 288 g/mol. The number of aliphatic imine (C=N–C) groups is 1. The van der Waals surface area contributed by atoms with Crippen LogP contribution in [0.25, 0.3) is 0 Å². The maximum absolute atomic E-state index is 4.88. The zero-order chi connectivity index (χ0) is 14.0. The predicted molar refractivity (Wildman–Crippen MR) is 88.2 cm³/mol. The first-order chi connectivity index (χ1) is 9.67. The zero-order valence-electron chi connectivity index (χ0n) is 12.4. The first-order valence-corrected chi connectivity index (χ1v) is 8.69. The van der Waals surface area contributed by atoms with Gasteiger partial charge in [-0.15, -0.1) is 0 Å². The molecular formula is C17H24N2S. The molecule has 2 aliphatic rings. The fourth-order valence-corrected chi connectivity index (χ4v) is 4.44. The zero-order valence-corrected chi connectivity index (χ0v) is 13.2. The molecule has 108 valence electrons. The van der Waals surface area contributed by atoms with Crippen LogP contribution in [0, 0.1) is 5.92 Å². The summed E-state index contributed by atoms with van der Waals surface area (Å²) in [4.78, 5) is 4.88. The SMILES string of the molecule is CC1CCC2(CC1)CSC(=NC(C)c1ccccc1)N2. The maximum atomic E-state index is 4.88. The van der Waals surface area contributed by atoms with Crippen molar-refractivity contribution in [3.05, 3.63) is 35.9 Å². The van der Waals surface area contributed by atoms with Gasteiger partial charge in [-0.25, -0.2) is 0 Å². The van der Waals surface area contributed by atoms with Gasteiger partial charge < -0.3 is 5.32 Å². The first kappa shape index (κ1) is 14.0. The number of thioether (sulfide) groups is 1. The Balaban J connectivity index is 1.66. The molecule has 0 bridgehead atoms. The van der Waals surface area contributed by atoms with Gasteiger partial charge >= 0.3 is 0 Å². The summed E-state index contributed by atoms with van der Waals surface area (Å²) in [5, 5.41) is 4.89. The van der Waals surface area contributed by atoms with E-state index in [0.29, 0.717) is 5.54 Å². The Morgan fingerprint density at radius 3 is 2.65 bits per heavy atom. The fraction of sp³-hybridized carbons (Fsp3) is 0.588. The number of nitrogens with one attached hydrogen (secondary N) is 1. The van der Waals surface area contributed by atoms with Crippen molar-refractivity contribution < 1.29 is 0 Å². The lowest BCUT2D eigenvalue weighted by atomic mass is 9.78. The van der Waals surface area contributed by atoms with Crippen LogP contribution in [0.1, 0.15) is 51.1 Å². The van der Waals surface area contributed by atoms with Gasteiger partial charge in [0.1, 0.15) is 0 Å². The van der Waals surface area contributed by atoms with E-state index in [2.05, 4.69) is 49.5 Å². The van der Waals surface area contributed by atoms with Crippen molar-refractivity contribution in [2.75, 3.05) is 5.75 Å². The van der Waals surface area contributed by atoms with Crippen LogP contribution in [0.5, 0.6) is 0 Å². The van der Waals surface area contributed by atoms with Gasteiger partial charge in [0.2, 0.25) is 0 Å². The average Bonchev–Trinajstić information content (AvgIpc) is 2.86. The Morgan fingerprint density at radius 1 is 1.25 bits per heavy atom. The molecule has 1 unspecified atom stereocenters. The molecule has 20 heavy (non-hydrogen) atoms. The van der Waals surface area contributed by atoms with Crippen LogP contribution in [-0.4, -0.2) is 16.5 Å². The largest absolute Gasteiger partial charge is 0.359 e. The number of nitrogens with zero attached hydrogens (tertiary/aromatic N) is 1. The van der Waals surface area contributed by atoms with E-state index in [1.807, 2.05) is 11.8 Å². The van der Waals surface area contributed by atoms with Gasteiger partial charge in [0, 0.05) is 11.3 Å². The molecule has 1 heterocycles. The number of hydrogen-bond donors (Lipinski definition) is 1. The van der Waals surface area contributed by atoms with E-state index in [-0.39, 0.29) is 6.04 Å². The molecule has 1 aliphatic heterocycles. The van der Waals surface area contributed by atoms with Crippen molar-refractivity contribution in [1.29, 1.82) is 0 Å². The molecule has 1 saturated carbocycles. The van der Waals surface area contributed by atoms with E-state index in [1.54, 1.807) is 0 Å². The van der Waals surface area contributed by atoms with Crippen LogP contribution in [0.4, 0.5) is 0 Å². The van der Waals surface area contributed by atoms with Crippen LogP contribution in [-0.2, 0) is 0 Å². The minimum absolute atomic E-state index is 0.240. The van der Waals surface area contributed by atoms with Crippen LogP contribution < -0.4 is 5.32 Å². The summed E-state index contributed by atoms with van der Waals surface area (Å²) in [5.74, 6) is 2.09. The quantitative estimate of drug-likeness (QED) is 0.873. The second kappa shape index (κ2) is 5.80. The van der Waals surface area contributed by atoms with E-state index in [4.69, 9.17) is 4.99 Å². The standard InChI is InChI=1S/C17H24N2S/c1-13-8-10-17(11-9-13)12-20-16(19-17)18-14(2)15-6-4-3-5-7-15/h3-7,13-14H,8-12H2,1-2H3,(H,18,19). The maximum Gasteiger partial charge on any atom is 0.157 e. The highest BCUT2D eigenvalue weighted by Crippen LogP contribution is 2.38. The van der Waals surface area contributed by atoms with Gasteiger partial charge in [0.05, 0.1) is 6.04 Å². The highest BCUT2D eigenvalue weighted by Gasteiger charge is 2.39. The van der Waals surface area contributed by atoms with Crippen LogP contribution in [0.15, 0.2) is 35.3 Å². The third kappa shape index (κ3) is 3.03. The predicted octanol–water partition coefficient (Wildman–Crippen LogP) is 4.39. The highest BCUT2D eigenvalue weighted by molar-refractivity contribution is 8.14. The first-order valence-electron chi connectivity index (χ1n) is 7.71. The molecule has 2 fully saturated rings. The van der Waals surface area contributed by atoms with Crippen molar-refractivity contribution in [3.8, 4) is 0 Å². The molecule has 2 nitrogen and oxygen atoms in total. The summed E-state index contributed by atoms with van der Waals surface area (Å²) in [6.45, 7) is 4.56. The number of benzene rings is 1. The van der Waals surface area contributed by atoms with E-state index in [1.165, 1.54) is 37.0 Å². The molecule has 1 spiro atoms. The minimum atomic E-state index is 0.240. The molecule has 1 aromatic rings. The molecule has 1 saturated heterocycles. The molecular weight excluding hydrogens is 264 g/mol. The molecule has 0 aromatic heterocycles. The van der Waals surface area contributed by atoms with Gasteiger partial charge in [-0.1, -0.05) is 49.0 Å². The Bertz CT molecular complexity index is 475. The Labute approximate surface area is 126 Å². The van der Waals surface area contributed by atoms with E-state index in [0.717, 1.165) is 11.1 Å². The summed E-state index contributed by atoms with van der Waals surface area (Å²) >= 11 is 1.91. The lowest BCUT2D eigenvalue weighted by molar-refractivity contribution is 0.250.